The smallest absolute Gasteiger partial charge is 0.0756 e. The number of likely N-dealkylation sites (N-methyl/N-ethyl adjacent to an activating group) is 1. The highest BCUT2D eigenvalue weighted by atomic mass is 127. The van der Waals surface area contributed by atoms with E-state index in [-0.39, 0.29) is 8.96 Å². The molecular weight excluding hydrogens is 293 g/mol. The Kier molecular flexibility index (Phi) is 3.30. The van der Waals surface area contributed by atoms with E-state index in [1.54, 1.807) is 0 Å². The molecule has 0 radical (unpaired) electrons. The van der Waals surface area contributed by atoms with Crippen LogP contribution in [0.1, 0.15) is 13.8 Å². The minimum atomic E-state index is -0.344. The van der Waals surface area contributed by atoms with Gasteiger partial charge in [-0.2, -0.15) is 0 Å². The Bertz CT molecular complexity index is 273. The van der Waals surface area contributed by atoms with Crippen LogP contribution in [0.15, 0.2) is 5.11 Å². The van der Waals surface area contributed by atoms with Crippen molar-refractivity contribution < 1.29 is 0 Å². The van der Waals surface area contributed by atoms with Gasteiger partial charge in [-0.25, -0.2) is 10.0 Å². The van der Waals surface area contributed by atoms with Crippen LogP contribution in [0.4, 0.5) is 0 Å². The lowest BCUT2D eigenvalue weighted by atomic mass is 9.85. The summed E-state index contributed by atoms with van der Waals surface area (Å²) in [5, 5.41) is 8.20. The average molecular weight is 309 g/mol. The quantitative estimate of drug-likeness (QED) is 0.245. The first-order valence-electron chi connectivity index (χ1n) is 4.50. The molecule has 6 heteroatoms. The standard InChI is InChI=1S/C8H16IN5/c1-7(9)5-13(3)14(4)6-8(7,2)11-12-10/h5-6H2,1-4H3/t7-,8-/m0/s1. The predicted molar refractivity (Wildman–Crippen MR) is 65.2 cm³/mol. The van der Waals surface area contributed by atoms with Crippen molar-refractivity contribution >= 4 is 22.6 Å². The van der Waals surface area contributed by atoms with Gasteiger partial charge in [0.05, 0.1) is 5.54 Å². The molecular formula is C8H16IN5. The van der Waals surface area contributed by atoms with E-state index in [2.05, 4.69) is 49.6 Å². The van der Waals surface area contributed by atoms with Crippen LogP contribution in [0, 0.1) is 0 Å². The molecule has 0 bridgehead atoms. The summed E-state index contributed by atoms with van der Waals surface area (Å²) in [5.41, 5.74) is 8.25. The molecule has 0 spiro atoms. The second-order valence-electron chi connectivity index (χ2n) is 4.29. The van der Waals surface area contributed by atoms with Crippen LogP contribution in [-0.4, -0.2) is 46.2 Å². The topological polar surface area (TPSA) is 55.2 Å². The molecule has 80 valence electrons. The summed E-state index contributed by atoms with van der Waals surface area (Å²) in [6, 6.07) is 0. The molecule has 1 fully saturated rings. The van der Waals surface area contributed by atoms with Gasteiger partial charge in [0, 0.05) is 35.5 Å². The maximum Gasteiger partial charge on any atom is 0.0756 e. The number of halogens is 1. The molecule has 0 aliphatic carbocycles. The normalized spacial score (nSPS) is 40.6. The first kappa shape index (κ1) is 12.0. The second-order valence-corrected chi connectivity index (χ2v) is 6.67. The van der Waals surface area contributed by atoms with E-state index in [1.807, 2.05) is 21.0 Å². The molecule has 14 heavy (non-hydrogen) atoms. The number of hydrogen-bond donors (Lipinski definition) is 0. The molecule has 1 rings (SSSR count). The van der Waals surface area contributed by atoms with E-state index in [1.165, 1.54) is 0 Å². The number of nitrogens with zero attached hydrogens (tertiary/aromatic N) is 5. The van der Waals surface area contributed by atoms with Gasteiger partial charge >= 0.3 is 0 Å². The van der Waals surface area contributed by atoms with E-state index in [0.29, 0.717) is 0 Å². The summed E-state index contributed by atoms with van der Waals surface area (Å²) in [6.07, 6.45) is 0. The van der Waals surface area contributed by atoms with Crippen LogP contribution in [0.25, 0.3) is 10.4 Å². The summed E-state index contributed by atoms with van der Waals surface area (Å²) in [7, 11) is 4.06. The molecule has 1 saturated heterocycles. The van der Waals surface area contributed by atoms with Crippen molar-refractivity contribution in [1.29, 1.82) is 0 Å². The van der Waals surface area contributed by atoms with E-state index >= 15 is 0 Å². The number of azide groups is 1. The third-order valence-corrected chi connectivity index (χ3v) is 4.54. The van der Waals surface area contributed by atoms with Crippen LogP contribution >= 0.6 is 22.6 Å². The predicted octanol–water partition coefficient (Wildman–Crippen LogP) is 2.04. The minimum Gasteiger partial charge on any atom is -0.244 e. The second kappa shape index (κ2) is 3.84. The van der Waals surface area contributed by atoms with Crippen molar-refractivity contribution in [3.63, 3.8) is 0 Å². The van der Waals surface area contributed by atoms with E-state index < -0.39 is 0 Å². The minimum absolute atomic E-state index is 0.0295. The highest BCUT2D eigenvalue weighted by Crippen LogP contribution is 2.39. The lowest BCUT2D eigenvalue weighted by Crippen LogP contribution is -2.64. The Hall–Kier alpha value is -0.0400. The SMILES string of the molecule is CN1C[C@](C)(I)[C@@](C)(N=[N+]=[N-])CN1C. The molecule has 0 amide bonds. The van der Waals surface area contributed by atoms with Gasteiger partial charge in [0.1, 0.15) is 0 Å². The largest absolute Gasteiger partial charge is 0.244 e. The molecule has 0 N–H and O–H groups in total. The van der Waals surface area contributed by atoms with Gasteiger partial charge in [-0.1, -0.05) is 34.6 Å². The number of hydrazine groups is 1. The molecule has 0 aromatic heterocycles. The highest BCUT2D eigenvalue weighted by Gasteiger charge is 2.47. The fraction of sp³-hybridized carbons (Fsp3) is 1.00. The molecule has 0 saturated carbocycles. The van der Waals surface area contributed by atoms with Gasteiger partial charge < -0.3 is 0 Å². The van der Waals surface area contributed by atoms with Crippen LogP contribution in [0.5, 0.6) is 0 Å². The highest BCUT2D eigenvalue weighted by molar-refractivity contribution is 14.1. The molecule has 1 heterocycles. The van der Waals surface area contributed by atoms with Crippen molar-refractivity contribution in [3.05, 3.63) is 10.4 Å². The van der Waals surface area contributed by atoms with Crippen LogP contribution < -0.4 is 0 Å². The van der Waals surface area contributed by atoms with Crippen molar-refractivity contribution in [1.82, 2.24) is 10.0 Å². The summed E-state index contributed by atoms with van der Waals surface area (Å²) in [5.74, 6) is 0. The lowest BCUT2D eigenvalue weighted by molar-refractivity contribution is -0.0427. The number of alkyl halides is 1. The van der Waals surface area contributed by atoms with E-state index in [9.17, 15) is 0 Å². The lowest BCUT2D eigenvalue weighted by Gasteiger charge is -2.50. The molecule has 1 aliphatic rings. The fourth-order valence-electron chi connectivity index (χ4n) is 1.69. The molecule has 0 unspecified atom stereocenters. The average Bonchev–Trinajstić information content (AvgIpc) is 2.01. The van der Waals surface area contributed by atoms with Crippen LogP contribution in [-0.2, 0) is 0 Å². The van der Waals surface area contributed by atoms with Crippen molar-refractivity contribution in [3.8, 4) is 0 Å². The molecule has 5 nitrogen and oxygen atoms in total. The Morgan fingerprint density at radius 3 is 2.29 bits per heavy atom. The zero-order valence-electron chi connectivity index (χ0n) is 9.03. The van der Waals surface area contributed by atoms with Gasteiger partial charge in [0.15, 0.2) is 0 Å². The Labute approximate surface area is 98.2 Å². The van der Waals surface area contributed by atoms with Crippen molar-refractivity contribution in [2.75, 3.05) is 27.2 Å². The van der Waals surface area contributed by atoms with Gasteiger partial charge in [0.2, 0.25) is 0 Å². The first-order chi connectivity index (χ1) is 6.32. The summed E-state index contributed by atoms with van der Waals surface area (Å²) >= 11 is 2.39. The fourth-order valence-corrected chi connectivity index (χ4v) is 2.46. The third kappa shape index (κ3) is 1.98. The van der Waals surface area contributed by atoms with Gasteiger partial charge in [-0.05, 0) is 12.5 Å². The molecule has 0 aromatic carbocycles. The van der Waals surface area contributed by atoms with Gasteiger partial charge in [-0.3, -0.25) is 0 Å². The van der Waals surface area contributed by atoms with Crippen molar-refractivity contribution in [2.45, 2.75) is 22.8 Å². The maximum absolute atomic E-state index is 8.59. The van der Waals surface area contributed by atoms with Gasteiger partial charge in [0.25, 0.3) is 0 Å². The first-order valence-corrected chi connectivity index (χ1v) is 5.58. The van der Waals surface area contributed by atoms with Crippen molar-refractivity contribution in [2.24, 2.45) is 5.11 Å². The molecule has 2 atom stereocenters. The number of rotatable bonds is 1. The number of hydrogen-bond acceptors (Lipinski definition) is 3. The maximum atomic E-state index is 8.59. The summed E-state index contributed by atoms with van der Waals surface area (Å²) in [4.78, 5) is 2.96. The zero-order valence-corrected chi connectivity index (χ0v) is 11.2. The third-order valence-electron chi connectivity index (χ3n) is 3.03. The zero-order chi connectivity index (χ0) is 11.0. The monoisotopic (exact) mass is 309 g/mol. The van der Waals surface area contributed by atoms with Crippen LogP contribution in [0.2, 0.25) is 0 Å². The summed E-state index contributed by atoms with van der Waals surface area (Å²) in [6.45, 7) is 5.79. The molecule has 1 aliphatic heterocycles. The Morgan fingerprint density at radius 2 is 1.79 bits per heavy atom. The Morgan fingerprint density at radius 1 is 1.29 bits per heavy atom. The Balaban J connectivity index is 3.00. The summed E-state index contributed by atoms with van der Waals surface area (Å²) < 4.78 is -0.0295. The van der Waals surface area contributed by atoms with Gasteiger partial charge in [-0.15, -0.1) is 0 Å². The van der Waals surface area contributed by atoms with Crippen LogP contribution in [0.3, 0.4) is 0 Å². The van der Waals surface area contributed by atoms with E-state index in [4.69, 9.17) is 5.53 Å². The van der Waals surface area contributed by atoms with E-state index in [0.717, 1.165) is 13.1 Å². The molecule has 0 aromatic rings.